The predicted molar refractivity (Wildman–Crippen MR) is 159 cm³/mol. The van der Waals surface area contributed by atoms with Crippen molar-refractivity contribution in [1.82, 2.24) is 19.7 Å². The molecule has 3 aliphatic rings. The number of carboxylic acids is 1. The van der Waals surface area contributed by atoms with E-state index in [-0.39, 0.29) is 11.4 Å². The summed E-state index contributed by atoms with van der Waals surface area (Å²) >= 11 is 0. The first kappa shape index (κ1) is 28.2. The number of nitrogens with zero attached hydrogens (tertiary/aromatic N) is 4. The van der Waals surface area contributed by atoms with Gasteiger partial charge in [-0.05, 0) is 85.9 Å². The fourth-order valence-corrected chi connectivity index (χ4v) is 6.35. The number of fused-ring (bicyclic) bond motifs is 1. The maximum absolute atomic E-state index is 11.6. The smallest absolute Gasteiger partial charge is 0.342 e. The summed E-state index contributed by atoms with van der Waals surface area (Å²) in [5, 5.41) is 13.7. The fraction of sp³-hybridized carbons (Fsp3) is 0.424. The second-order valence-corrected chi connectivity index (χ2v) is 11.4. The molecule has 1 saturated heterocycles. The Morgan fingerprint density at radius 2 is 2.10 bits per heavy atom. The Hall–Kier alpha value is -3.95. The number of aromatic nitrogens is 3. The summed E-state index contributed by atoms with van der Waals surface area (Å²) in [5.41, 5.74) is 8.22. The molecule has 2 aromatic heterocycles. The lowest BCUT2D eigenvalue weighted by molar-refractivity contribution is 0.0124. The monoisotopic (exact) mass is 570 g/mol. The number of pyridine rings is 1. The predicted octanol–water partition coefficient (Wildman–Crippen LogP) is 5.49. The molecule has 4 heterocycles. The van der Waals surface area contributed by atoms with Gasteiger partial charge in [0, 0.05) is 31.3 Å². The van der Waals surface area contributed by atoms with Gasteiger partial charge in [-0.25, -0.2) is 9.78 Å². The Morgan fingerprint density at radius 3 is 2.88 bits per heavy atom. The van der Waals surface area contributed by atoms with Gasteiger partial charge < -0.3 is 19.3 Å². The van der Waals surface area contributed by atoms with E-state index in [1.54, 1.807) is 6.07 Å². The SMILES string of the molecule is COc1c(C(=O)O)cnn1-c1cccc(C2=CCCC(C)=C2OCc2cc(C)c3c(c2)CCN(C2CCCOC2)C3)n1. The lowest BCUT2D eigenvalue weighted by atomic mass is 9.91. The highest BCUT2D eigenvalue weighted by Crippen LogP contribution is 2.34. The second-order valence-electron chi connectivity index (χ2n) is 11.4. The van der Waals surface area contributed by atoms with Crippen LogP contribution in [0.4, 0.5) is 0 Å². The van der Waals surface area contributed by atoms with Gasteiger partial charge in [0.25, 0.3) is 0 Å². The molecule has 9 nitrogen and oxygen atoms in total. The van der Waals surface area contributed by atoms with Crippen LogP contribution in [0.15, 0.2) is 53.9 Å². The number of hydrogen-bond donors (Lipinski definition) is 1. The van der Waals surface area contributed by atoms with Gasteiger partial charge in [0.1, 0.15) is 17.9 Å². The standard InChI is InChI=1S/C33H38N4O5/c1-21-7-4-9-26(29-10-5-11-30(35-29)37-32(40-3)27(17-34-37)33(38)39)31(21)42-19-23-15-22(2)28-18-36(13-12-24(28)16-23)25-8-6-14-41-20-25/h5,9-11,15-17,25H,4,6-8,12-14,18-20H2,1-3H3,(H,38,39). The molecule has 1 aromatic carbocycles. The maximum atomic E-state index is 11.6. The number of benzene rings is 1. The average Bonchev–Trinajstić information content (AvgIpc) is 3.46. The van der Waals surface area contributed by atoms with Gasteiger partial charge in [0.15, 0.2) is 5.82 Å². The normalized spacial score (nSPS) is 19.3. The van der Waals surface area contributed by atoms with E-state index in [4.69, 9.17) is 19.2 Å². The zero-order valence-corrected chi connectivity index (χ0v) is 24.6. The number of carbonyl (C=O) groups is 1. The topological polar surface area (TPSA) is 98.9 Å². The highest BCUT2D eigenvalue weighted by molar-refractivity contribution is 5.90. The van der Waals surface area contributed by atoms with Crippen LogP contribution >= 0.6 is 0 Å². The molecule has 1 fully saturated rings. The summed E-state index contributed by atoms with van der Waals surface area (Å²) in [5.74, 6) is 0.348. The summed E-state index contributed by atoms with van der Waals surface area (Å²) < 4.78 is 19.1. The van der Waals surface area contributed by atoms with Crippen molar-refractivity contribution in [3.05, 3.63) is 87.4 Å². The molecule has 0 bridgehead atoms. The number of aryl methyl sites for hydroxylation is 1. The third kappa shape index (κ3) is 5.58. The van der Waals surface area contributed by atoms with Gasteiger partial charge >= 0.3 is 5.97 Å². The summed E-state index contributed by atoms with van der Waals surface area (Å²) in [6.07, 6.45) is 8.69. The van der Waals surface area contributed by atoms with Gasteiger partial charge in [-0.1, -0.05) is 24.3 Å². The minimum atomic E-state index is -1.10. The zero-order chi connectivity index (χ0) is 29.2. The van der Waals surface area contributed by atoms with Crippen molar-refractivity contribution in [1.29, 1.82) is 0 Å². The summed E-state index contributed by atoms with van der Waals surface area (Å²) in [6.45, 7) is 8.61. The minimum Gasteiger partial charge on any atom is -0.488 e. The van der Waals surface area contributed by atoms with E-state index in [9.17, 15) is 9.90 Å². The molecule has 42 heavy (non-hydrogen) atoms. The second kappa shape index (κ2) is 12.1. The Morgan fingerprint density at radius 1 is 1.21 bits per heavy atom. The molecule has 0 saturated carbocycles. The van der Waals surface area contributed by atoms with Crippen molar-refractivity contribution in [2.45, 2.75) is 65.1 Å². The van der Waals surface area contributed by atoms with E-state index in [0.717, 1.165) is 69.0 Å². The summed E-state index contributed by atoms with van der Waals surface area (Å²) in [7, 11) is 1.43. The molecule has 3 aromatic rings. The molecule has 6 rings (SSSR count). The lowest BCUT2D eigenvalue weighted by Crippen LogP contribution is -2.44. The third-order valence-electron chi connectivity index (χ3n) is 8.57. The molecular weight excluding hydrogens is 532 g/mol. The molecule has 2 aliphatic heterocycles. The molecule has 1 aliphatic carbocycles. The van der Waals surface area contributed by atoms with Crippen molar-refractivity contribution >= 4 is 11.5 Å². The van der Waals surface area contributed by atoms with E-state index >= 15 is 0 Å². The van der Waals surface area contributed by atoms with E-state index in [1.165, 1.54) is 52.2 Å². The molecule has 0 radical (unpaired) electrons. The first-order chi connectivity index (χ1) is 20.4. The Balaban J connectivity index is 1.20. The van der Waals surface area contributed by atoms with Crippen molar-refractivity contribution in [3.63, 3.8) is 0 Å². The van der Waals surface area contributed by atoms with Crippen molar-refractivity contribution < 1.29 is 24.1 Å². The molecule has 9 heteroatoms. The van der Waals surface area contributed by atoms with E-state index in [1.807, 2.05) is 12.1 Å². The first-order valence-electron chi connectivity index (χ1n) is 14.7. The van der Waals surface area contributed by atoms with Crippen LogP contribution in [-0.4, -0.2) is 63.7 Å². The Kier molecular flexibility index (Phi) is 8.13. The third-order valence-corrected chi connectivity index (χ3v) is 8.57. The largest absolute Gasteiger partial charge is 0.488 e. The van der Waals surface area contributed by atoms with Gasteiger partial charge in [0.2, 0.25) is 5.88 Å². The van der Waals surface area contributed by atoms with Gasteiger partial charge in [-0.15, -0.1) is 0 Å². The molecule has 0 spiro atoms. The van der Waals surface area contributed by atoms with Gasteiger partial charge in [0.05, 0.1) is 25.6 Å². The van der Waals surface area contributed by atoms with Crippen LogP contribution in [-0.2, 0) is 29.0 Å². The van der Waals surface area contributed by atoms with E-state index < -0.39 is 5.97 Å². The number of aromatic carboxylic acids is 1. The van der Waals surface area contributed by atoms with Crippen LogP contribution in [0.3, 0.4) is 0 Å². The van der Waals surface area contributed by atoms with Crippen LogP contribution in [0, 0.1) is 6.92 Å². The zero-order valence-electron chi connectivity index (χ0n) is 24.6. The number of hydrogen-bond acceptors (Lipinski definition) is 7. The van der Waals surface area contributed by atoms with Gasteiger partial charge in [-0.2, -0.15) is 9.78 Å². The Labute approximate surface area is 246 Å². The number of ether oxygens (including phenoxy) is 3. The number of allylic oxidation sites excluding steroid dienone is 3. The maximum Gasteiger partial charge on any atom is 0.342 e. The average molecular weight is 571 g/mol. The number of rotatable bonds is 8. The quantitative estimate of drug-likeness (QED) is 0.380. The van der Waals surface area contributed by atoms with Crippen LogP contribution in [0.2, 0.25) is 0 Å². The molecule has 220 valence electrons. The number of methoxy groups -OCH3 is 1. The molecule has 1 unspecified atom stereocenters. The molecular formula is C33H38N4O5. The van der Waals surface area contributed by atoms with E-state index in [2.05, 4.69) is 42.1 Å². The highest BCUT2D eigenvalue weighted by Gasteiger charge is 2.27. The van der Waals surface area contributed by atoms with Crippen LogP contribution in [0.1, 0.15) is 70.9 Å². The minimum absolute atomic E-state index is 0.0163. The van der Waals surface area contributed by atoms with Crippen LogP contribution in [0.5, 0.6) is 5.88 Å². The van der Waals surface area contributed by atoms with Crippen molar-refractivity contribution in [2.75, 3.05) is 26.9 Å². The van der Waals surface area contributed by atoms with Crippen LogP contribution in [0.25, 0.3) is 11.4 Å². The van der Waals surface area contributed by atoms with E-state index in [0.29, 0.717) is 18.5 Å². The summed E-state index contributed by atoms with van der Waals surface area (Å²) in [4.78, 5) is 19.0. The molecule has 1 atom stereocenters. The summed E-state index contributed by atoms with van der Waals surface area (Å²) in [6, 6.07) is 10.7. The Bertz CT molecular complexity index is 1550. The molecule has 0 amide bonds. The van der Waals surface area contributed by atoms with Gasteiger partial charge in [-0.3, -0.25) is 4.90 Å². The number of carboxylic acid groups (broad SMARTS) is 1. The first-order valence-corrected chi connectivity index (χ1v) is 14.7. The molecule has 1 N–H and O–H groups in total. The lowest BCUT2D eigenvalue weighted by Gasteiger charge is -2.38. The van der Waals surface area contributed by atoms with Crippen LogP contribution < -0.4 is 4.74 Å². The highest BCUT2D eigenvalue weighted by atomic mass is 16.5. The fourth-order valence-electron chi connectivity index (χ4n) is 6.35. The van der Waals surface area contributed by atoms with Crippen molar-refractivity contribution in [3.8, 4) is 11.7 Å². The van der Waals surface area contributed by atoms with Crippen molar-refractivity contribution in [2.24, 2.45) is 0 Å².